The summed E-state index contributed by atoms with van der Waals surface area (Å²) in [5.41, 5.74) is 7.91. The number of aliphatic imine (C=N–C) groups is 1. The van der Waals surface area contributed by atoms with Crippen LogP contribution in [-0.2, 0) is 17.6 Å². The summed E-state index contributed by atoms with van der Waals surface area (Å²) in [5.74, 6) is 0.404. The summed E-state index contributed by atoms with van der Waals surface area (Å²) in [4.78, 5) is 15.4. The van der Waals surface area contributed by atoms with E-state index in [1.165, 1.54) is 0 Å². The van der Waals surface area contributed by atoms with Gasteiger partial charge in [-0.05, 0) is 41.8 Å². The zero-order valence-electron chi connectivity index (χ0n) is 12.7. The fraction of sp³-hybridized carbons (Fsp3) is 0.222. The molecular formula is C18H20N2O3. The number of nitrogens with two attached hydrogens (primary N) is 1. The Morgan fingerprint density at radius 2 is 1.39 bits per heavy atom. The third-order valence-electron chi connectivity index (χ3n) is 3.42. The van der Waals surface area contributed by atoms with E-state index in [2.05, 4.69) is 4.99 Å². The van der Waals surface area contributed by atoms with Crippen molar-refractivity contribution in [3.05, 3.63) is 59.7 Å². The minimum absolute atomic E-state index is 0.191. The van der Waals surface area contributed by atoms with Crippen LogP contribution in [0, 0.1) is 0 Å². The number of aromatic hydroxyl groups is 2. The summed E-state index contributed by atoms with van der Waals surface area (Å²) < 4.78 is 0. The van der Waals surface area contributed by atoms with E-state index in [1.807, 2.05) is 0 Å². The van der Waals surface area contributed by atoms with Gasteiger partial charge in [-0.15, -0.1) is 0 Å². The highest BCUT2D eigenvalue weighted by Gasteiger charge is 2.07. The summed E-state index contributed by atoms with van der Waals surface area (Å²) in [6.45, 7) is 0. The molecule has 4 N–H and O–H groups in total. The molecule has 2 atom stereocenters. The van der Waals surface area contributed by atoms with E-state index in [4.69, 9.17) is 5.73 Å². The SMILES string of the molecule is N[C@H](C=N[C@H](C=O)Cc1ccc(O)cc1)Cc1ccc(O)cc1. The third kappa shape index (κ3) is 5.56. The molecule has 0 saturated carbocycles. The zero-order valence-corrected chi connectivity index (χ0v) is 12.7. The van der Waals surface area contributed by atoms with Crippen molar-refractivity contribution in [2.24, 2.45) is 10.7 Å². The van der Waals surface area contributed by atoms with Crippen LogP contribution in [0.3, 0.4) is 0 Å². The van der Waals surface area contributed by atoms with Gasteiger partial charge in [0.15, 0.2) is 0 Å². The first-order chi connectivity index (χ1) is 11.1. The molecule has 0 heterocycles. The number of carbonyl (C=O) groups is 1. The van der Waals surface area contributed by atoms with Gasteiger partial charge in [0.25, 0.3) is 0 Å². The molecule has 23 heavy (non-hydrogen) atoms. The monoisotopic (exact) mass is 312 g/mol. The molecule has 0 aromatic heterocycles. The molecule has 0 spiro atoms. The van der Waals surface area contributed by atoms with E-state index in [0.717, 1.165) is 17.4 Å². The molecule has 0 unspecified atom stereocenters. The fourth-order valence-corrected chi connectivity index (χ4v) is 2.19. The van der Waals surface area contributed by atoms with Crippen molar-refractivity contribution in [2.45, 2.75) is 24.9 Å². The Balaban J connectivity index is 1.91. The van der Waals surface area contributed by atoms with Gasteiger partial charge in [0.05, 0.1) is 0 Å². The molecule has 0 amide bonds. The van der Waals surface area contributed by atoms with Crippen LogP contribution in [-0.4, -0.2) is 34.8 Å². The standard InChI is InChI=1S/C18H20N2O3/c19-15(9-13-1-5-17(22)6-2-13)11-20-16(12-21)10-14-3-7-18(23)8-4-14/h1-8,11-12,15-16,22-23H,9-10,19H2/t15-,16-/m0/s1. The maximum Gasteiger partial charge on any atom is 0.144 e. The Kier molecular flexibility index (Phi) is 5.88. The number of aldehydes is 1. The van der Waals surface area contributed by atoms with Gasteiger partial charge in [-0.2, -0.15) is 0 Å². The molecule has 5 nitrogen and oxygen atoms in total. The first-order valence-corrected chi connectivity index (χ1v) is 7.37. The summed E-state index contributed by atoms with van der Waals surface area (Å²) in [6, 6.07) is 12.7. The molecule has 0 radical (unpaired) electrons. The lowest BCUT2D eigenvalue weighted by Crippen LogP contribution is -2.26. The molecule has 2 aromatic carbocycles. The van der Waals surface area contributed by atoms with E-state index >= 15 is 0 Å². The summed E-state index contributed by atoms with van der Waals surface area (Å²) in [5, 5.41) is 18.5. The topological polar surface area (TPSA) is 95.9 Å². The van der Waals surface area contributed by atoms with Crippen molar-refractivity contribution in [1.29, 1.82) is 0 Å². The lowest BCUT2D eigenvalue weighted by Gasteiger charge is -2.09. The highest BCUT2D eigenvalue weighted by molar-refractivity contribution is 5.69. The van der Waals surface area contributed by atoms with Gasteiger partial charge in [0, 0.05) is 18.7 Å². The number of phenolic OH excluding ortho intramolecular Hbond substituents is 2. The quantitative estimate of drug-likeness (QED) is 0.537. The number of nitrogens with zero attached hydrogens (tertiary/aromatic N) is 1. The highest BCUT2D eigenvalue weighted by atomic mass is 16.3. The molecule has 0 bridgehead atoms. The number of phenols is 2. The summed E-state index contributed by atoms with van der Waals surface area (Å²) in [6.07, 6.45) is 3.42. The smallest absolute Gasteiger partial charge is 0.144 e. The predicted molar refractivity (Wildman–Crippen MR) is 89.9 cm³/mol. The number of hydrogen-bond donors (Lipinski definition) is 3. The summed E-state index contributed by atoms with van der Waals surface area (Å²) in [7, 11) is 0. The first-order valence-electron chi connectivity index (χ1n) is 7.37. The molecule has 0 aliphatic rings. The van der Waals surface area contributed by atoms with Crippen LogP contribution in [0.25, 0.3) is 0 Å². The fourth-order valence-electron chi connectivity index (χ4n) is 2.19. The average molecular weight is 312 g/mol. The van der Waals surface area contributed by atoms with E-state index in [9.17, 15) is 15.0 Å². The normalized spacial score (nSPS) is 13.8. The molecule has 2 rings (SSSR count). The summed E-state index contributed by atoms with van der Waals surface area (Å²) >= 11 is 0. The number of hydrogen-bond acceptors (Lipinski definition) is 5. The van der Waals surface area contributed by atoms with E-state index < -0.39 is 6.04 Å². The van der Waals surface area contributed by atoms with Crippen LogP contribution in [0.1, 0.15) is 11.1 Å². The van der Waals surface area contributed by atoms with Crippen molar-refractivity contribution in [3.8, 4) is 11.5 Å². The molecule has 0 saturated heterocycles. The van der Waals surface area contributed by atoms with E-state index in [1.54, 1.807) is 54.7 Å². The van der Waals surface area contributed by atoms with Crippen LogP contribution < -0.4 is 5.73 Å². The molecule has 120 valence electrons. The third-order valence-corrected chi connectivity index (χ3v) is 3.42. The van der Waals surface area contributed by atoms with E-state index in [-0.39, 0.29) is 17.5 Å². The van der Waals surface area contributed by atoms with Crippen molar-refractivity contribution >= 4 is 12.5 Å². The molecule has 0 aliphatic carbocycles. The minimum Gasteiger partial charge on any atom is -0.508 e. The number of benzene rings is 2. The predicted octanol–water partition coefficient (Wildman–Crippen LogP) is 1.85. The van der Waals surface area contributed by atoms with Gasteiger partial charge in [-0.25, -0.2) is 0 Å². The van der Waals surface area contributed by atoms with Crippen LogP contribution >= 0.6 is 0 Å². The average Bonchev–Trinajstić information content (AvgIpc) is 2.55. The second-order valence-electron chi connectivity index (χ2n) is 5.41. The van der Waals surface area contributed by atoms with Crippen molar-refractivity contribution in [2.75, 3.05) is 0 Å². The van der Waals surface area contributed by atoms with Crippen LogP contribution in [0.4, 0.5) is 0 Å². The van der Waals surface area contributed by atoms with E-state index in [0.29, 0.717) is 12.8 Å². The molecular weight excluding hydrogens is 292 g/mol. The van der Waals surface area contributed by atoms with Gasteiger partial charge in [0.1, 0.15) is 23.8 Å². The van der Waals surface area contributed by atoms with Crippen molar-refractivity contribution in [3.63, 3.8) is 0 Å². The maximum atomic E-state index is 11.2. The first kappa shape index (κ1) is 16.7. The van der Waals surface area contributed by atoms with Crippen LogP contribution in [0.5, 0.6) is 11.5 Å². The second-order valence-corrected chi connectivity index (χ2v) is 5.41. The van der Waals surface area contributed by atoms with Crippen molar-refractivity contribution < 1.29 is 15.0 Å². The number of rotatable bonds is 7. The molecule has 5 heteroatoms. The molecule has 0 aliphatic heterocycles. The zero-order chi connectivity index (χ0) is 16.7. The largest absolute Gasteiger partial charge is 0.508 e. The Hall–Kier alpha value is -2.66. The van der Waals surface area contributed by atoms with Gasteiger partial charge in [-0.1, -0.05) is 24.3 Å². The maximum absolute atomic E-state index is 11.2. The lowest BCUT2D eigenvalue weighted by atomic mass is 10.1. The minimum atomic E-state index is -0.495. The second kappa shape index (κ2) is 8.10. The number of carbonyl (C=O) groups excluding carboxylic acids is 1. The van der Waals surface area contributed by atoms with Crippen molar-refractivity contribution in [1.82, 2.24) is 0 Å². The molecule has 2 aromatic rings. The van der Waals surface area contributed by atoms with Gasteiger partial charge in [0.2, 0.25) is 0 Å². The molecule has 0 fully saturated rings. The highest BCUT2D eigenvalue weighted by Crippen LogP contribution is 2.12. The lowest BCUT2D eigenvalue weighted by molar-refractivity contribution is -0.108. The van der Waals surface area contributed by atoms with Crippen LogP contribution in [0.15, 0.2) is 53.5 Å². The Labute approximate surface area is 135 Å². The van der Waals surface area contributed by atoms with Crippen LogP contribution in [0.2, 0.25) is 0 Å². The van der Waals surface area contributed by atoms with Gasteiger partial charge < -0.3 is 20.7 Å². The Morgan fingerprint density at radius 3 is 1.87 bits per heavy atom. The Bertz CT molecular complexity index is 651. The van der Waals surface area contributed by atoms with Gasteiger partial charge >= 0.3 is 0 Å². The van der Waals surface area contributed by atoms with Gasteiger partial charge in [-0.3, -0.25) is 4.99 Å². The Morgan fingerprint density at radius 1 is 0.913 bits per heavy atom.